The fourth-order valence-electron chi connectivity index (χ4n) is 2.07. The number of carbonyl (C=O) groups is 2. The second-order valence-corrected chi connectivity index (χ2v) is 5.55. The summed E-state index contributed by atoms with van der Waals surface area (Å²) in [4.78, 5) is 22.3. The van der Waals surface area contributed by atoms with Gasteiger partial charge < -0.3 is 24.1 Å². The molecule has 0 aliphatic heterocycles. The van der Waals surface area contributed by atoms with Gasteiger partial charge >= 0.3 is 11.9 Å². The smallest absolute Gasteiger partial charge is 0.341 e. The number of phenols is 1. The summed E-state index contributed by atoms with van der Waals surface area (Å²) in [7, 11) is 4.14. The van der Waals surface area contributed by atoms with E-state index in [2.05, 4.69) is 9.47 Å². The number of benzene rings is 2. The maximum Gasteiger partial charge on any atom is 0.341 e. The van der Waals surface area contributed by atoms with E-state index in [1.54, 1.807) is 18.2 Å². The molecule has 0 saturated carbocycles. The van der Waals surface area contributed by atoms with E-state index in [1.807, 2.05) is 19.9 Å². The lowest BCUT2D eigenvalue weighted by molar-refractivity contribution is 0.0464. The van der Waals surface area contributed by atoms with Gasteiger partial charge in [-0.25, -0.2) is 9.59 Å². The van der Waals surface area contributed by atoms with Crippen molar-refractivity contribution in [3.05, 3.63) is 58.7 Å². The third-order valence-corrected chi connectivity index (χ3v) is 3.43. The van der Waals surface area contributed by atoms with Crippen molar-refractivity contribution in [3.8, 4) is 11.5 Å². The molecule has 0 radical (unpaired) electrons. The summed E-state index contributed by atoms with van der Waals surface area (Å²) in [6, 6.07) is 10.1. The van der Waals surface area contributed by atoms with Crippen LogP contribution in [0.3, 0.4) is 0 Å². The molecule has 2 aromatic carbocycles. The number of aryl methyl sites for hydroxylation is 2. The third kappa shape index (κ3) is 6.63. The lowest BCUT2D eigenvalue weighted by Crippen LogP contribution is -2.07. The van der Waals surface area contributed by atoms with Crippen molar-refractivity contribution in [3.63, 3.8) is 0 Å². The van der Waals surface area contributed by atoms with Crippen molar-refractivity contribution in [1.29, 1.82) is 0 Å². The van der Waals surface area contributed by atoms with Crippen LogP contribution in [0.25, 0.3) is 0 Å². The van der Waals surface area contributed by atoms with Gasteiger partial charge in [-0.1, -0.05) is 12.1 Å². The summed E-state index contributed by atoms with van der Waals surface area (Å²) < 4.78 is 19.1. The fourth-order valence-corrected chi connectivity index (χ4v) is 2.07. The van der Waals surface area contributed by atoms with Crippen molar-refractivity contribution in [2.75, 3.05) is 28.1 Å². The standard InChI is InChI=1S/C11H14O4.C9H10O3/c1-8-4-5-9(11(12)14-3)10(6-8)15-7-13-2;1-6-3-4-7(8(10)5-6)9(11)12-2/h4-6H,7H2,1-3H3;3-5,10H,1-2H3. The molecule has 0 heterocycles. The number of methoxy groups -OCH3 is 3. The van der Waals surface area contributed by atoms with Crippen LogP contribution in [-0.4, -0.2) is 45.2 Å². The van der Waals surface area contributed by atoms with E-state index in [1.165, 1.54) is 33.5 Å². The first-order chi connectivity index (χ1) is 12.8. The Kier molecular flexibility index (Phi) is 8.81. The monoisotopic (exact) mass is 376 g/mol. The van der Waals surface area contributed by atoms with E-state index in [9.17, 15) is 14.7 Å². The molecule has 1 N–H and O–H groups in total. The van der Waals surface area contributed by atoms with Crippen LogP contribution in [0.2, 0.25) is 0 Å². The highest BCUT2D eigenvalue weighted by Gasteiger charge is 2.12. The number of hydrogen-bond donors (Lipinski definition) is 1. The predicted molar refractivity (Wildman–Crippen MR) is 99.2 cm³/mol. The lowest BCUT2D eigenvalue weighted by atomic mass is 10.1. The molecule has 0 spiro atoms. The van der Waals surface area contributed by atoms with Crippen molar-refractivity contribution >= 4 is 11.9 Å². The van der Waals surface area contributed by atoms with Crippen molar-refractivity contribution in [1.82, 2.24) is 0 Å². The van der Waals surface area contributed by atoms with E-state index in [-0.39, 0.29) is 18.1 Å². The van der Waals surface area contributed by atoms with Gasteiger partial charge in [0.1, 0.15) is 22.6 Å². The van der Waals surface area contributed by atoms with E-state index in [4.69, 9.17) is 9.47 Å². The SMILES string of the molecule is COC(=O)c1ccc(C)cc1O.COCOc1cc(C)ccc1C(=O)OC. The largest absolute Gasteiger partial charge is 0.507 e. The fraction of sp³-hybridized carbons (Fsp3) is 0.300. The Bertz CT molecular complexity index is 784. The highest BCUT2D eigenvalue weighted by atomic mass is 16.7. The van der Waals surface area contributed by atoms with Crippen LogP contribution in [0.15, 0.2) is 36.4 Å². The highest BCUT2D eigenvalue weighted by molar-refractivity contribution is 5.92. The second kappa shape index (κ2) is 10.8. The minimum absolute atomic E-state index is 0.0400. The molecule has 0 fully saturated rings. The quantitative estimate of drug-likeness (QED) is 0.632. The van der Waals surface area contributed by atoms with Crippen LogP contribution in [0, 0.1) is 13.8 Å². The molecule has 0 saturated heterocycles. The maximum absolute atomic E-state index is 11.4. The highest BCUT2D eigenvalue weighted by Crippen LogP contribution is 2.21. The van der Waals surface area contributed by atoms with Crippen molar-refractivity contribution in [2.24, 2.45) is 0 Å². The normalized spacial score (nSPS) is 9.67. The Morgan fingerprint density at radius 2 is 1.37 bits per heavy atom. The first-order valence-corrected chi connectivity index (χ1v) is 8.02. The van der Waals surface area contributed by atoms with E-state index in [0.717, 1.165) is 11.1 Å². The number of rotatable bonds is 5. The third-order valence-electron chi connectivity index (χ3n) is 3.43. The van der Waals surface area contributed by atoms with Crippen LogP contribution in [0.4, 0.5) is 0 Å². The Morgan fingerprint density at radius 1 is 0.852 bits per heavy atom. The predicted octanol–water partition coefficient (Wildman–Crippen LogP) is 3.25. The molecule has 0 aromatic heterocycles. The number of ether oxygens (including phenoxy) is 4. The summed E-state index contributed by atoms with van der Waals surface area (Å²) in [5.41, 5.74) is 2.51. The van der Waals surface area contributed by atoms with E-state index < -0.39 is 11.9 Å². The molecule has 146 valence electrons. The van der Waals surface area contributed by atoms with Crippen molar-refractivity contribution in [2.45, 2.75) is 13.8 Å². The lowest BCUT2D eigenvalue weighted by Gasteiger charge is -2.09. The first-order valence-electron chi connectivity index (χ1n) is 8.02. The van der Waals surface area contributed by atoms with E-state index >= 15 is 0 Å². The zero-order valence-corrected chi connectivity index (χ0v) is 16.1. The van der Waals surface area contributed by atoms with Crippen LogP contribution in [0.5, 0.6) is 11.5 Å². The van der Waals surface area contributed by atoms with Gasteiger partial charge in [0, 0.05) is 7.11 Å². The van der Waals surface area contributed by atoms with Gasteiger partial charge in [-0.15, -0.1) is 0 Å². The van der Waals surface area contributed by atoms with Crippen LogP contribution in [-0.2, 0) is 14.2 Å². The van der Waals surface area contributed by atoms with Gasteiger partial charge in [-0.2, -0.15) is 0 Å². The molecule has 2 aromatic rings. The summed E-state index contributed by atoms with van der Waals surface area (Å²) in [5.74, 6) is -0.501. The van der Waals surface area contributed by atoms with Crippen molar-refractivity contribution < 1.29 is 33.6 Å². The number of phenolic OH excluding ortho intramolecular Hbond substituents is 1. The Morgan fingerprint density at radius 3 is 1.89 bits per heavy atom. The number of esters is 2. The molecule has 2 rings (SSSR count). The van der Waals surface area contributed by atoms with E-state index in [0.29, 0.717) is 11.3 Å². The van der Waals surface area contributed by atoms with Crippen LogP contribution in [0.1, 0.15) is 31.8 Å². The van der Waals surface area contributed by atoms with Gasteiger partial charge in [-0.05, 0) is 49.2 Å². The summed E-state index contributed by atoms with van der Waals surface area (Å²) >= 11 is 0. The topological polar surface area (TPSA) is 91.3 Å². The molecule has 0 aliphatic carbocycles. The Labute approximate surface area is 158 Å². The van der Waals surface area contributed by atoms with Gasteiger partial charge in [0.15, 0.2) is 6.79 Å². The molecule has 0 atom stereocenters. The maximum atomic E-state index is 11.4. The molecular weight excluding hydrogens is 352 g/mol. The molecule has 27 heavy (non-hydrogen) atoms. The van der Waals surface area contributed by atoms with Gasteiger partial charge in [0.05, 0.1) is 14.2 Å². The Hall–Kier alpha value is -3.06. The average molecular weight is 376 g/mol. The number of hydrogen-bond acceptors (Lipinski definition) is 7. The summed E-state index contributed by atoms with van der Waals surface area (Å²) in [6.45, 7) is 3.86. The van der Waals surface area contributed by atoms with Gasteiger partial charge in [-0.3, -0.25) is 0 Å². The second-order valence-electron chi connectivity index (χ2n) is 5.55. The average Bonchev–Trinajstić information content (AvgIpc) is 2.65. The van der Waals surface area contributed by atoms with Crippen LogP contribution >= 0.6 is 0 Å². The molecule has 0 bridgehead atoms. The van der Waals surface area contributed by atoms with Gasteiger partial charge in [0.25, 0.3) is 0 Å². The molecule has 0 aliphatic rings. The first kappa shape index (κ1) is 22.0. The van der Waals surface area contributed by atoms with Crippen LogP contribution < -0.4 is 4.74 Å². The Balaban J connectivity index is 0.000000277. The molecule has 0 unspecified atom stereocenters. The molecule has 0 amide bonds. The zero-order valence-electron chi connectivity index (χ0n) is 16.1. The zero-order chi connectivity index (χ0) is 20.4. The number of aromatic hydroxyl groups is 1. The summed E-state index contributed by atoms with van der Waals surface area (Å²) in [6.07, 6.45) is 0. The molecule has 7 nitrogen and oxygen atoms in total. The summed E-state index contributed by atoms with van der Waals surface area (Å²) in [5, 5.41) is 9.29. The molecular formula is C20H24O7. The van der Waals surface area contributed by atoms with Gasteiger partial charge in [0.2, 0.25) is 0 Å². The number of carbonyl (C=O) groups excluding carboxylic acids is 2. The molecule has 7 heteroatoms. The minimum atomic E-state index is -0.521. The minimum Gasteiger partial charge on any atom is -0.507 e.